The average molecular weight is 287 g/mol. The van der Waals surface area contributed by atoms with E-state index in [4.69, 9.17) is 10.5 Å². The SMILES string of the molecule is CCC(N)Cc1ccc(OCCn2ccccc2=O)cn1. The highest BCUT2D eigenvalue weighted by molar-refractivity contribution is 5.20. The van der Waals surface area contributed by atoms with Gasteiger partial charge >= 0.3 is 0 Å². The summed E-state index contributed by atoms with van der Waals surface area (Å²) in [7, 11) is 0. The molecule has 0 spiro atoms. The summed E-state index contributed by atoms with van der Waals surface area (Å²) in [6.07, 6.45) is 5.16. The lowest BCUT2D eigenvalue weighted by Gasteiger charge is -2.10. The molecule has 1 unspecified atom stereocenters. The van der Waals surface area contributed by atoms with E-state index in [1.54, 1.807) is 23.0 Å². The van der Waals surface area contributed by atoms with Crippen LogP contribution in [0.3, 0.4) is 0 Å². The van der Waals surface area contributed by atoms with Gasteiger partial charge in [0.1, 0.15) is 12.4 Å². The third-order valence-electron chi connectivity index (χ3n) is 3.29. The van der Waals surface area contributed by atoms with Gasteiger partial charge in [0, 0.05) is 30.4 Å². The number of nitrogens with zero attached hydrogens (tertiary/aromatic N) is 2. The zero-order valence-electron chi connectivity index (χ0n) is 12.2. The van der Waals surface area contributed by atoms with Gasteiger partial charge in [-0.25, -0.2) is 0 Å². The van der Waals surface area contributed by atoms with E-state index >= 15 is 0 Å². The summed E-state index contributed by atoms with van der Waals surface area (Å²) >= 11 is 0. The van der Waals surface area contributed by atoms with Gasteiger partial charge in [0.25, 0.3) is 5.56 Å². The van der Waals surface area contributed by atoms with E-state index in [2.05, 4.69) is 11.9 Å². The van der Waals surface area contributed by atoms with E-state index in [0.717, 1.165) is 18.5 Å². The number of pyridine rings is 2. The van der Waals surface area contributed by atoms with Crippen LogP contribution in [0.5, 0.6) is 5.75 Å². The van der Waals surface area contributed by atoms with Crippen molar-refractivity contribution < 1.29 is 4.74 Å². The van der Waals surface area contributed by atoms with E-state index in [-0.39, 0.29) is 11.6 Å². The molecule has 0 aliphatic heterocycles. The molecular weight excluding hydrogens is 266 g/mol. The first kappa shape index (κ1) is 15.3. The van der Waals surface area contributed by atoms with E-state index < -0.39 is 0 Å². The van der Waals surface area contributed by atoms with Gasteiger partial charge in [-0.2, -0.15) is 0 Å². The van der Waals surface area contributed by atoms with Crippen LogP contribution in [-0.4, -0.2) is 22.2 Å². The molecule has 0 saturated heterocycles. The Labute approximate surface area is 124 Å². The summed E-state index contributed by atoms with van der Waals surface area (Å²) in [5, 5.41) is 0. The monoisotopic (exact) mass is 287 g/mol. The Bertz CT molecular complexity index is 607. The van der Waals surface area contributed by atoms with Crippen LogP contribution in [0.1, 0.15) is 19.0 Å². The first-order valence-corrected chi connectivity index (χ1v) is 7.18. The maximum Gasteiger partial charge on any atom is 0.250 e. The molecule has 2 aromatic rings. The number of hydrogen-bond donors (Lipinski definition) is 1. The molecular formula is C16H21N3O2. The van der Waals surface area contributed by atoms with Crippen LogP contribution in [0.15, 0.2) is 47.5 Å². The lowest BCUT2D eigenvalue weighted by molar-refractivity contribution is 0.295. The summed E-state index contributed by atoms with van der Waals surface area (Å²) in [5.41, 5.74) is 6.84. The van der Waals surface area contributed by atoms with Crippen molar-refractivity contribution in [3.63, 3.8) is 0 Å². The second kappa shape index (κ2) is 7.59. The molecule has 0 aromatic carbocycles. The van der Waals surface area contributed by atoms with Crippen molar-refractivity contribution in [2.75, 3.05) is 6.61 Å². The molecule has 0 bridgehead atoms. The molecule has 1 atom stereocenters. The van der Waals surface area contributed by atoms with Crippen molar-refractivity contribution in [3.8, 4) is 5.75 Å². The van der Waals surface area contributed by atoms with E-state index in [1.807, 2.05) is 18.2 Å². The Morgan fingerprint density at radius 3 is 2.86 bits per heavy atom. The van der Waals surface area contributed by atoms with Crippen molar-refractivity contribution in [3.05, 3.63) is 58.8 Å². The molecule has 0 radical (unpaired) electrons. The highest BCUT2D eigenvalue weighted by Crippen LogP contribution is 2.10. The Hall–Kier alpha value is -2.14. The fourth-order valence-electron chi connectivity index (χ4n) is 1.94. The standard InChI is InChI=1S/C16H21N3O2/c1-2-13(17)11-14-6-7-15(12-18-14)21-10-9-19-8-4-3-5-16(19)20/h3-8,12-13H,2,9-11,17H2,1H3. The second-order valence-corrected chi connectivity index (χ2v) is 4.94. The predicted octanol–water partition coefficient (Wildman–Crippen LogP) is 1.60. The largest absolute Gasteiger partial charge is 0.490 e. The van der Waals surface area contributed by atoms with Crippen LogP contribution in [0, 0.1) is 0 Å². The third kappa shape index (κ3) is 4.72. The summed E-state index contributed by atoms with van der Waals surface area (Å²) in [6, 6.07) is 9.05. The highest BCUT2D eigenvalue weighted by Gasteiger charge is 2.03. The van der Waals surface area contributed by atoms with Gasteiger partial charge in [-0.1, -0.05) is 13.0 Å². The average Bonchev–Trinajstić information content (AvgIpc) is 2.51. The first-order chi connectivity index (χ1) is 10.2. The molecule has 0 aliphatic rings. The Morgan fingerprint density at radius 2 is 2.19 bits per heavy atom. The van der Waals surface area contributed by atoms with E-state index in [0.29, 0.717) is 18.9 Å². The molecule has 5 nitrogen and oxygen atoms in total. The molecule has 2 rings (SSSR count). The lowest BCUT2D eigenvalue weighted by atomic mass is 10.1. The number of rotatable bonds is 7. The Kier molecular flexibility index (Phi) is 5.51. The Balaban J connectivity index is 1.84. The molecule has 0 amide bonds. The van der Waals surface area contributed by atoms with Crippen LogP contribution in [0.25, 0.3) is 0 Å². The molecule has 112 valence electrons. The molecule has 0 fully saturated rings. The topological polar surface area (TPSA) is 70.1 Å². The van der Waals surface area contributed by atoms with Crippen molar-refractivity contribution in [1.82, 2.24) is 9.55 Å². The minimum absolute atomic E-state index is 0.0249. The van der Waals surface area contributed by atoms with Gasteiger partial charge in [-0.05, 0) is 24.6 Å². The molecule has 21 heavy (non-hydrogen) atoms. The van der Waals surface area contributed by atoms with Crippen molar-refractivity contribution in [2.45, 2.75) is 32.4 Å². The maximum atomic E-state index is 11.5. The van der Waals surface area contributed by atoms with Crippen LogP contribution < -0.4 is 16.0 Å². The maximum absolute atomic E-state index is 11.5. The van der Waals surface area contributed by atoms with Gasteiger partial charge < -0.3 is 15.0 Å². The van der Waals surface area contributed by atoms with Gasteiger partial charge in [-0.15, -0.1) is 0 Å². The molecule has 0 saturated carbocycles. The lowest BCUT2D eigenvalue weighted by Crippen LogP contribution is -2.22. The molecule has 2 aromatic heterocycles. The third-order valence-corrected chi connectivity index (χ3v) is 3.29. The number of aromatic nitrogens is 2. The van der Waals surface area contributed by atoms with E-state index in [1.165, 1.54) is 6.07 Å². The number of ether oxygens (including phenoxy) is 1. The van der Waals surface area contributed by atoms with Gasteiger partial charge in [0.15, 0.2) is 0 Å². The zero-order chi connectivity index (χ0) is 15.1. The number of nitrogens with two attached hydrogens (primary N) is 1. The fourth-order valence-corrected chi connectivity index (χ4v) is 1.94. The quantitative estimate of drug-likeness (QED) is 0.839. The highest BCUT2D eigenvalue weighted by atomic mass is 16.5. The van der Waals surface area contributed by atoms with Crippen molar-refractivity contribution in [1.29, 1.82) is 0 Å². The number of hydrogen-bond acceptors (Lipinski definition) is 4. The van der Waals surface area contributed by atoms with Crippen LogP contribution in [0.4, 0.5) is 0 Å². The van der Waals surface area contributed by atoms with Crippen LogP contribution >= 0.6 is 0 Å². The summed E-state index contributed by atoms with van der Waals surface area (Å²) in [5.74, 6) is 0.702. The van der Waals surface area contributed by atoms with Gasteiger partial charge in [0.2, 0.25) is 0 Å². The summed E-state index contributed by atoms with van der Waals surface area (Å²) in [4.78, 5) is 15.9. The van der Waals surface area contributed by atoms with Gasteiger partial charge in [0.05, 0.1) is 12.7 Å². The molecule has 2 heterocycles. The molecule has 2 N–H and O–H groups in total. The summed E-state index contributed by atoms with van der Waals surface area (Å²) in [6.45, 7) is 3.01. The summed E-state index contributed by atoms with van der Waals surface area (Å²) < 4.78 is 7.21. The zero-order valence-corrected chi connectivity index (χ0v) is 12.2. The minimum Gasteiger partial charge on any atom is -0.490 e. The van der Waals surface area contributed by atoms with Crippen LogP contribution in [0.2, 0.25) is 0 Å². The first-order valence-electron chi connectivity index (χ1n) is 7.18. The Morgan fingerprint density at radius 1 is 1.33 bits per heavy atom. The predicted molar refractivity (Wildman–Crippen MR) is 82.4 cm³/mol. The normalized spacial score (nSPS) is 12.1. The van der Waals surface area contributed by atoms with Gasteiger partial charge in [-0.3, -0.25) is 9.78 Å². The minimum atomic E-state index is -0.0249. The molecule has 5 heteroatoms. The van der Waals surface area contributed by atoms with Crippen LogP contribution in [-0.2, 0) is 13.0 Å². The second-order valence-electron chi connectivity index (χ2n) is 4.94. The smallest absolute Gasteiger partial charge is 0.250 e. The fraction of sp³-hybridized carbons (Fsp3) is 0.375. The van der Waals surface area contributed by atoms with Crippen molar-refractivity contribution in [2.24, 2.45) is 5.73 Å². The van der Waals surface area contributed by atoms with E-state index in [9.17, 15) is 4.79 Å². The molecule has 0 aliphatic carbocycles. The van der Waals surface area contributed by atoms with Crippen molar-refractivity contribution >= 4 is 0 Å².